The maximum absolute atomic E-state index is 10.3. The Morgan fingerprint density at radius 3 is 1.09 bits per heavy atom. The molecule has 0 aromatic carbocycles. The summed E-state index contributed by atoms with van der Waals surface area (Å²) in [6.07, 6.45) is 0. The molecule has 0 aliphatic rings. The third kappa shape index (κ3) is 255. The van der Waals surface area contributed by atoms with Gasteiger partial charge >= 0.3 is 0 Å². The molecule has 0 unspecified atom stereocenters. The molecule has 0 radical (unpaired) electrons. The third-order valence-corrected chi connectivity index (χ3v) is 0. The van der Waals surface area contributed by atoms with Gasteiger partial charge in [-0.1, -0.05) is 14.9 Å². The number of aliphatic hydroxyl groups is 1. The molecule has 1 N–H and O–H groups in total. The molecule has 0 aliphatic heterocycles. The second kappa shape index (κ2) is 934. The second-order valence-corrected chi connectivity index (χ2v) is 0.387. The predicted molar refractivity (Wildman–Crippen MR) is 40.3 cm³/mol. The maximum atomic E-state index is 10.3. The predicted octanol–water partition coefficient (Wildman–Crippen LogP) is 2.74. The van der Waals surface area contributed by atoms with Crippen molar-refractivity contribution in [3.05, 3.63) is 0 Å². The van der Waals surface area contributed by atoms with E-state index in [1.54, 1.807) is 0 Å². The summed E-state index contributed by atoms with van der Waals surface area (Å²) in [7, 11) is 0.500. The summed E-state index contributed by atoms with van der Waals surface area (Å²) in [6.45, 7) is -0.0417. The van der Waals surface area contributed by atoms with Crippen LogP contribution in [0.15, 0.2) is 0 Å². The van der Waals surface area contributed by atoms with Crippen LogP contribution in [0.2, 0.25) is 0 Å². The minimum atomic E-state index is -1.25. The van der Waals surface area contributed by atoms with Crippen molar-refractivity contribution in [1.29, 1.82) is 0 Å². The Kier molecular flexibility index (Phi) is 4510. The zero-order valence-corrected chi connectivity index (χ0v) is 12.1. The van der Waals surface area contributed by atoms with E-state index in [2.05, 4.69) is 0 Å². The first-order chi connectivity index (χ1) is 3.83. The maximum Gasteiger partial charge on any atom is 0.185 e. The van der Waals surface area contributed by atoms with Gasteiger partial charge in [0, 0.05) is 0 Å². The van der Waals surface area contributed by atoms with E-state index in [0.29, 0.717) is 7.18 Å². The molecule has 0 amide bonds. The summed E-state index contributed by atoms with van der Waals surface area (Å²) in [5.74, 6) is 0. The molecule has 0 aromatic rings. The summed E-state index contributed by atoms with van der Waals surface area (Å²) < 4.78 is 29.6. The van der Waals surface area contributed by atoms with E-state index < -0.39 is 6.86 Å². The van der Waals surface area contributed by atoms with E-state index in [9.17, 15) is 13.2 Å². The molecule has 5 heteroatoms. The second-order valence-electron chi connectivity index (χ2n) is 0.387. The number of hydrogen-bond acceptors (Lipinski definition) is 1. The first kappa shape index (κ1) is 53.1. The Morgan fingerprint density at radius 1 is 1.09 bits per heavy atom. The largest absolute Gasteiger partial charge is 0.366 e. The van der Waals surface area contributed by atoms with Crippen molar-refractivity contribution < 1.29 is 18.3 Å². The van der Waals surface area contributed by atoms with Crippen molar-refractivity contribution in [3.63, 3.8) is 0 Å². The fourth-order valence-corrected chi connectivity index (χ4v) is 0. The number of halogens is 3. The van der Waals surface area contributed by atoms with Crippen LogP contribution in [0.1, 0.15) is 21.8 Å². The smallest absolute Gasteiger partial charge is 0.185 e. The van der Waals surface area contributed by atoms with Gasteiger partial charge in [0.05, 0.1) is 13.9 Å². The van der Waals surface area contributed by atoms with Crippen LogP contribution in [0, 0.1) is 0 Å². The monoisotopic (exact) mass is 431 g/mol. The van der Waals surface area contributed by atoms with Crippen LogP contribution >= 0.6 is 0 Å². The first-order valence-electron chi connectivity index (χ1n) is 1.94. The van der Waals surface area contributed by atoms with E-state index >= 15 is 0 Å². The van der Waals surface area contributed by atoms with Gasteiger partial charge in [0.25, 0.3) is 0 Å². The van der Waals surface area contributed by atoms with Gasteiger partial charge in [-0.05, 0) is 6.92 Å². The van der Waals surface area contributed by atoms with Gasteiger partial charge in [-0.25, -0.2) is 4.39 Å². The third-order valence-electron chi connectivity index (χ3n) is 0. The molecule has 1 nitrogen and oxygen atoms in total. The van der Waals surface area contributed by atoms with Gasteiger partial charge in [-0.3, -0.25) is 8.78 Å². The van der Waals surface area contributed by atoms with Crippen LogP contribution in [0.4, 0.5) is 13.2 Å². The van der Waals surface area contributed by atoms with E-state index in [-0.39, 0.29) is 21.5 Å². The normalized spacial score (nSPS) is 3.82. The van der Waals surface area contributed by atoms with Crippen LogP contribution in [0.5, 0.6) is 0 Å². The molecule has 0 spiro atoms. The first-order valence-corrected chi connectivity index (χ1v) is 1.94. The van der Waals surface area contributed by atoms with Gasteiger partial charge in [0.15, 0.2) is 6.86 Å². The Balaban J connectivity index is -0.00000000764. The molecule has 0 atom stereocenters. The molecule has 72 valence electrons. The summed E-state index contributed by atoms with van der Waals surface area (Å²) in [6, 6.07) is 0. The molecular weight excluding hydrogens is 412 g/mol. The molecule has 11 heavy (non-hydrogen) atoms. The van der Waals surface area contributed by atoms with E-state index in [0.717, 1.165) is 0 Å². The Morgan fingerprint density at radius 2 is 1.09 bits per heavy atom. The van der Waals surface area contributed by atoms with Crippen LogP contribution in [-0.4, -0.2) is 25.8 Å². The average molecular weight is 431 g/mol. The molecule has 0 bridgehead atoms. The number of alkyl halides is 3. The van der Waals surface area contributed by atoms with E-state index in [4.69, 9.17) is 5.11 Å². The zero-order valence-electron chi connectivity index (χ0n) is 5.70. The van der Waals surface area contributed by atoms with E-state index in [1.807, 2.05) is 0 Å². The Labute approximate surface area is 61.9 Å². The summed E-state index contributed by atoms with van der Waals surface area (Å²) in [5, 5.41) is 6.90. The minimum Gasteiger partial charge on any atom is -0.366 e. The average Bonchev–Trinajstić information content (AvgIpc) is 1.75. The van der Waals surface area contributed by atoms with Crippen LogP contribution < -0.4 is 0 Å². The van der Waals surface area contributed by atoms with Crippen molar-refractivity contribution in [2.75, 3.05) is 20.7 Å². The number of rotatable bonds is 0. The minimum absolute atomic E-state index is 0. The summed E-state index contributed by atoms with van der Waals surface area (Å²) in [4.78, 5) is 0. The number of hydrogen-bond donors (Lipinski definition) is 1. The van der Waals surface area contributed by atoms with Crippen molar-refractivity contribution in [1.82, 2.24) is 0 Å². The van der Waals surface area contributed by atoms with Crippen molar-refractivity contribution >= 4 is 0 Å². The van der Waals surface area contributed by atoms with Crippen LogP contribution in [-0.2, 0) is 0 Å². The van der Waals surface area contributed by atoms with E-state index in [1.165, 1.54) is 6.92 Å². The molecule has 0 rings (SSSR count). The van der Waals surface area contributed by atoms with Crippen LogP contribution in [0.25, 0.3) is 0 Å². The summed E-state index contributed by atoms with van der Waals surface area (Å²) >= 11 is 0. The van der Waals surface area contributed by atoms with Crippen molar-refractivity contribution in [2.24, 2.45) is 0 Å². The SMILES string of the molecule is C.C.CCF.CF.OCF.[Rf]. The zero-order chi connectivity index (χ0) is 7.41. The molecular formula is C6H19F3ORf. The Hall–Kier alpha value is -1.25. The standard InChI is InChI=1S/C2H5F.CH3FO.CH3F.2CH4.Rf/c1-2-3;2-1-3;1-2;;;/h2H2,1H3;3H,1H2;1H3;2*1H4;. The molecule has 0 saturated carbocycles. The van der Waals surface area contributed by atoms with Gasteiger partial charge in [-0.2, -0.15) is 0 Å². The molecule has 0 aromatic heterocycles. The van der Waals surface area contributed by atoms with Crippen molar-refractivity contribution in [3.8, 4) is 0 Å². The number of aliphatic hydroxyl groups excluding tert-OH is 1. The molecule has 0 heterocycles. The fraction of sp³-hybridized carbons (Fsp3) is 1.00. The topological polar surface area (TPSA) is 20.2 Å². The van der Waals surface area contributed by atoms with Gasteiger partial charge in [0.1, 0.15) is 0 Å². The molecule has 0 saturated heterocycles. The molecule has 0 aliphatic carbocycles. The quantitative estimate of drug-likeness (QED) is 0.626. The fourth-order valence-electron chi connectivity index (χ4n) is 0. The Bertz CT molecular complexity index is 19.8. The van der Waals surface area contributed by atoms with Gasteiger partial charge in [0.2, 0.25) is 0 Å². The molecule has 0 fully saturated rings. The van der Waals surface area contributed by atoms with Crippen molar-refractivity contribution in [2.45, 2.75) is 21.8 Å². The van der Waals surface area contributed by atoms with Gasteiger partial charge < -0.3 is 5.11 Å². The summed E-state index contributed by atoms with van der Waals surface area (Å²) in [5.41, 5.74) is 0. The van der Waals surface area contributed by atoms with Crippen LogP contribution in [0.3, 0.4) is 0 Å². The van der Waals surface area contributed by atoms with Gasteiger partial charge in [-0.15, -0.1) is 0 Å².